The summed E-state index contributed by atoms with van der Waals surface area (Å²) >= 11 is 0. The van der Waals surface area contributed by atoms with E-state index in [1.165, 1.54) is 16.8 Å². The van der Waals surface area contributed by atoms with Crippen LogP contribution in [0.2, 0.25) is 0 Å². The van der Waals surface area contributed by atoms with Gasteiger partial charge in [-0.2, -0.15) is 0 Å². The zero-order valence-electron chi connectivity index (χ0n) is 20.8. The van der Waals surface area contributed by atoms with Gasteiger partial charge in [0.1, 0.15) is 11.5 Å². The zero-order chi connectivity index (χ0) is 24.1. The van der Waals surface area contributed by atoms with Crippen LogP contribution in [0.25, 0.3) is 11.3 Å². The van der Waals surface area contributed by atoms with E-state index in [-0.39, 0.29) is 5.91 Å². The average molecular weight is 461 g/mol. The maximum atomic E-state index is 12.6. The molecule has 34 heavy (non-hydrogen) atoms. The number of benzene rings is 2. The summed E-state index contributed by atoms with van der Waals surface area (Å²) in [6.45, 7) is 12.9. The second kappa shape index (κ2) is 10.9. The van der Waals surface area contributed by atoms with Crippen LogP contribution in [-0.4, -0.2) is 48.5 Å². The van der Waals surface area contributed by atoms with Crippen molar-refractivity contribution >= 4 is 11.6 Å². The van der Waals surface area contributed by atoms with E-state index in [0.29, 0.717) is 24.9 Å². The summed E-state index contributed by atoms with van der Waals surface area (Å²) in [5, 5.41) is 3.00. The highest BCUT2D eigenvalue weighted by Crippen LogP contribution is 2.26. The van der Waals surface area contributed by atoms with Crippen molar-refractivity contribution in [3.63, 3.8) is 0 Å². The Hall–Kier alpha value is -3.12. The van der Waals surface area contributed by atoms with Gasteiger partial charge in [-0.05, 0) is 31.4 Å². The number of hydrogen-bond acceptors (Lipinski definition) is 5. The number of carbonyl (C=O) groups is 1. The van der Waals surface area contributed by atoms with Crippen LogP contribution in [-0.2, 0) is 17.8 Å². The molecule has 2 aromatic carbocycles. The van der Waals surface area contributed by atoms with Crippen LogP contribution in [0.1, 0.15) is 36.6 Å². The van der Waals surface area contributed by atoms with Gasteiger partial charge in [0, 0.05) is 43.9 Å². The zero-order valence-corrected chi connectivity index (χ0v) is 20.8. The standard InChI is InChI=1S/C28H36N4O2/c1-20(2)16-25-28(23-8-6-5-7-9-23)30-27(34-25)18-29-26(33)19-31-12-14-32(15-13-31)24-11-10-21(3)17-22(24)4/h5-11,17,20H,12-16,18-19H2,1-4H3,(H,29,33). The van der Waals surface area contributed by atoms with Crippen molar-refractivity contribution < 1.29 is 9.21 Å². The van der Waals surface area contributed by atoms with Crippen molar-refractivity contribution in [3.8, 4) is 11.3 Å². The summed E-state index contributed by atoms with van der Waals surface area (Å²) in [5.41, 5.74) is 5.81. The molecule has 0 saturated carbocycles. The van der Waals surface area contributed by atoms with Crippen molar-refractivity contribution in [1.29, 1.82) is 0 Å². The number of nitrogens with one attached hydrogen (secondary N) is 1. The van der Waals surface area contributed by atoms with E-state index in [2.05, 4.69) is 61.0 Å². The Kier molecular flexibility index (Phi) is 7.68. The quantitative estimate of drug-likeness (QED) is 0.533. The second-order valence-corrected chi connectivity index (χ2v) is 9.67. The lowest BCUT2D eigenvalue weighted by Crippen LogP contribution is -2.49. The summed E-state index contributed by atoms with van der Waals surface area (Å²) in [4.78, 5) is 22.0. The SMILES string of the molecule is Cc1ccc(N2CCN(CC(=O)NCc3nc(-c4ccccc4)c(CC(C)C)o3)CC2)c(C)c1. The molecule has 1 N–H and O–H groups in total. The molecule has 2 heterocycles. The maximum Gasteiger partial charge on any atom is 0.234 e. The predicted octanol–water partition coefficient (Wildman–Crippen LogP) is 4.60. The van der Waals surface area contributed by atoms with Crippen LogP contribution in [0.4, 0.5) is 5.69 Å². The molecule has 3 aromatic rings. The molecule has 1 aliphatic heterocycles. The summed E-state index contributed by atoms with van der Waals surface area (Å²) in [6.07, 6.45) is 0.815. The molecule has 0 aliphatic carbocycles. The molecule has 1 amide bonds. The van der Waals surface area contributed by atoms with Gasteiger partial charge < -0.3 is 14.6 Å². The van der Waals surface area contributed by atoms with Crippen LogP contribution in [0.15, 0.2) is 52.9 Å². The molecular formula is C28H36N4O2. The third-order valence-electron chi connectivity index (χ3n) is 6.25. The first-order valence-electron chi connectivity index (χ1n) is 12.2. The number of carbonyl (C=O) groups excluding carboxylic acids is 1. The minimum Gasteiger partial charge on any atom is -0.443 e. The fraction of sp³-hybridized carbons (Fsp3) is 0.429. The Morgan fingerprint density at radius 2 is 1.79 bits per heavy atom. The fourth-order valence-electron chi connectivity index (χ4n) is 4.55. The van der Waals surface area contributed by atoms with Crippen molar-refractivity contribution in [2.45, 2.75) is 40.7 Å². The molecule has 1 aromatic heterocycles. The van der Waals surface area contributed by atoms with Gasteiger partial charge in [0.05, 0.1) is 13.1 Å². The summed E-state index contributed by atoms with van der Waals surface area (Å²) < 4.78 is 6.06. The molecule has 6 nitrogen and oxygen atoms in total. The van der Waals surface area contributed by atoms with Crippen LogP contribution in [0, 0.1) is 19.8 Å². The summed E-state index contributed by atoms with van der Waals surface area (Å²) in [7, 11) is 0. The van der Waals surface area contributed by atoms with E-state index in [0.717, 1.165) is 49.6 Å². The molecule has 1 fully saturated rings. The van der Waals surface area contributed by atoms with Crippen LogP contribution in [0.5, 0.6) is 0 Å². The molecule has 6 heteroatoms. The van der Waals surface area contributed by atoms with Crippen LogP contribution >= 0.6 is 0 Å². The van der Waals surface area contributed by atoms with E-state index in [1.54, 1.807) is 0 Å². The lowest BCUT2D eigenvalue weighted by Gasteiger charge is -2.36. The number of piperazine rings is 1. The normalized spacial score (nSPS) is 14.6. The maximum absolute atomic E-state index is 12.6. The smallest absolute Gasteiger partial charge is 0.234 e. The first-order valence-corrected chi connectivity index (χ1v) is 12.2. The molecular weight excluding hydrogens is 424 g/mol. The molecule has 1 saturated heterocycles. The summed E-state index contributed by atoms with van der Waals surface area (Å²) in [6, 6.07) is 16.7. The van der Waals surface area contributed by atoms with Gasteiger partial charge in [-0.15, -0.1) is 0 Å². The topological polar surface area (TPSA) is 61.6 Å². The molecule has 180 valence electrons. The number of amides is 1. The monoisotopic (exact) mass is 460 g/mol. The number of oxazole rings is 1. The highest BCUT2D eigenvalue weighted by atomic mass is 16.4. The fourth-order valence-corrected chi connectivity index (χ4v) is 4.55. The Labute approximate surface area is 203 Å². The molecule has 0 atom stereocenters. The van der Waals surface area contributed by atoms with E-state index in [1.807, 2.05) is 30.3 Å². The van der Waals surface area contributed by atoms with Crippen LogP contribution < -0.4 is 10.2 Å². The van der Waals surface area contributed by atoms with Gasteiger partial charge in [-0.3, -0.25) is 9.69 Å². The van der Waals surface area contributed by atoms with Gasteiger partial charge >= 0.3 is 0 Å². The third-order valence-corrected chi connectivity index (χ3v) is 6.25. The Bertz CT molecular complexity index is 1100. The molecule has 1 aliphatic rings. The first-order chi connectivity index (χ1) is 16.4. The summed E-state index contributed by atoms with van der Waals surface area (Å²) in [5.74, 6) is 1.90. The van der Waals surface area contributed by atoms with E-state index >= 15 is 0 Å². The van der Waals surface area contributed by atoms with E-state index < -0.39 is 0 Å². The average Bonchev–Trinajstić information content (AvgIpc) is 3.21. The van der Waals surface area contributed by atoms with Crippen LogP contribution in [0.3, 0.4) is 0 Å². The Morgan fingerprint density at radius 3 is 2.47 bits per heavy atom. The number of nitrogens with zero attached hydrogens (tertiary/aromatic N) is 3. The number of aryl methyl sites for hydroxylation is 2. The Morgan fingerprint density at radius 1 is 1.06 bits per heavy atom. The largest absolute Gasteiger partial charge is 0.443 e. The van der Waals surface area contributed by atoms with Crippen molar-refractivity contribution in [3.05, 3.63) is 71.3 Å². The molecule has 4 rings (SSSR count). The van der Waals surface area contributed by atoms with Gasteiger partial charge in [-0.1, -0.05) is 61.9 Å². The molecule has 0 spiro atoms. The van der Waals surface area contributed by atoms with Crippen molar-refractivity contribution in [2.24, 2.45) is 5.92 Å². The molecule has 0 bridgehead atoms. The highest BCUT2D eigenvalue weighted by molar-refractivity contribution is 5.78. The van der Waals surface area contributed by atoms with E-state index in [4.69, 9.17) is 9.40 Å². The molecule has 0 radical (unpaired) electrons. The predicted molar refractivity (Wildman–Crippen MR) is 137 cm³/mol. The Balaban J connectivity index is 1.30. The van der Waals surface area contributed by atoms with Crippen molar-refractivity contribution in [2.75, 3.05) is 37.6 Å². The van der Waals surface area contributed by atoms with Gasteiger partial charge in [0.2, 0.25) is 11.8 Å². The van der Waals surface area contributed by atoms with Gasteiger partial charge in [0.15, 0.2) is 0 Å². The minimum atomic E-state index is 0.00448. The number of hydrogen-bond donors (Lipinski definition) is 1. The lowest BCUT2D eigenvalue weighted by molar-refractivity contribution is -0.122. The molecule has 0 unspecified atom stereocenters. The number of anilines is 1. The third kappa shape index (κ3) is 6.06. The second-order valence-electron chi connectivity index (χ2n) is 9.67. The number of aromatic nitrogens is 1. The first kappa shape index (κ1) is 24.0. The van der Waals surface area contributed by atoms with Gasteiger partial charge in [0.25, 0.3) is 0 Å². The lowest BCUT2D eigenvalue weighted by atomic mass is 10.0. The highest BCUT2D eigenvalue weighted by Gasteiger charge is 2.21. The minimum absolute atomic E-state index is 0.00448. The van der Waals surface area contributed by atoms with E-state index in [9.17, 15) is 4.79 Å². The number of rotatable bonds is 8. The van der Waals surface area contributed by atoms with Gasteiger partial charge in [-0.25, -0.2) is 4.98 Å². The van der Waals surface area contributed by atoms with Crippen molar-refractivity contribution in [1.82, 2.24) is 15.2 Å².